The van der Waals surface area contributed by atoms with E-state index in [-0.39, 0.29) is 0 Å². The van der Waals surface area contributed by atoms with Crippen molar-refractivity contribution in [3.05, 3.63) is 12.1 Å². The van der Waals surface area contributed by atoms with Gasteiger partial charge in [-0.1, -0.05) is 105 Å². The molecule has 0 radical (unpaired) electrons. The predicted molar refractivity (Wildman–Crippen MR) is 152 cm³/mol. The van der Waals surface area contributed by atoms with Crippen molar-refractivity contribution in [2.75, 3.05) is 13.2 Å². The highest BCUT2D eigenvalue weighted by Gasteiger charge is 2.16. The van der Waals surface area contributed by atoms with Gasteiger partial charge in [-0.05, 0) is 37.5 Å². The number of unbranched alkanes of at least 4 members (excludes halogenated alkanes) is 8. The summed E-state index contributed by atoms with van der Waals surface area (Å²) in [5.41, 5.74) is 1.82. The summed E-state index contributed by atoms with van der Waals surface area (Å²) in [7, 11) is 0. The van der Waals surface area contributed by atoms with Crippen LogP contribution in [0.1, 0.15) is 130 Å². The molecule has 0 aliphatic rings. The molecular formula is C30H52N2O2S. The van der Waals surface area contributed by atoms with Crippen molar-refractivity contribution in [2.24, 2.45) is 11.8 Å². The molecule has 1 heterocycles. The maximum Gasteiger partial charge on any atom is 0.163 e. The molecule has 0 saturated heterocycles. The van der Waals surface area contributed by atoms with Crippen molar-refractivity contribution in [2.45, 2.75) is 130 Å². The third-order valence-corrected chi connectivity index (χ3v) is 7.69. The van der Waals surface area contributed by atoms with Gasteiger partial charge in [-0.3, -0.25) is 0 Å². The third-order valence-electron chi connectivity index (χ3n) is 7.13. The van der Waals surface area contributed by atoms with Crippen LogP contribution in [0, 0.1) is 11.8 Å². The van der Waals surface area contributed by atoms with Crippen molar-refractivity contribution in [3.8, 4) is 11.5 Å². The molecule has 2 rings (SSSR count). The van der Waals surface area contributed by atoms with Crippen LogP contribution in [0.5, 0.6) is 11.5 Å². The van der Waals surface area contributed by atoms with Gasteiger partial charge in [0.05, 0.1) is 24.9 Å². The largest absolute Gasteiger partial charge is 0.489 e. The van der Waals surface area contributed by atoms with Gasteiger partial charge < -0.3 is 9.47 Å². The minimum atomic E-state index is 0.611. The summed E-state index contributed by atoms with van der Waals surface area (Å²) in [6, 6.07) is 4.09. The highest BCUT2D eigenvalue weighted by molar-refractivity contribution is 7.00. The lowest BCUT2D eigenvalue weighted by Crippen LogP contribution is -2.15. The van der Waals surface area contributed by atoms with Gasteiger partial charge in [-0.25, -0.2) is 0 Å². The van der Waals surface area contributed by atoms with E-state index in [1.807, 2.05) is 12.1 Å². The monoisotopic (exact) mass is 504 g/mol. The van der Waals surface area contributed by atoms with Crippen LogP contribution in [0.2, 0.25) is 0 Å². The normalized spacial score (nSPS) is 13.3. The summed E-state index contributed by atoms with van der Waals surface area (Å²) < 4.78 is 21.9. The Kier molecular flexibility index (Phi) is 16.1. The Labute approximate surface area is 219 Å². The molecule has 200 valence electrons. The molecule has 2 atom stereocenters. The average molecular weight is 505 g/mol. The van der Waals surface area contributed by atoms with Crippen molar-refractivity contribution >= 4 is 22.8 Å². The fraction of sp³-hybridized carbons (Fsp3) is 0.800. The molecule has 0 spiro atoms. The molecule has 0 amide bonds. The molecule has 1 aromatic carbocycles. The minimum Gasteiger partial charge on any atom is -0.489 e. The van der Waals surface area contributed by atoms with Crippen molar-refractivity contribution in [1.82, 2.24) is 8.75 Å². The highest BCUT2D eigenvalue weighted by Crippen LogP contribution is 2.34. The van der Waals surface area contributed by atoms with Gasteiger partial charge >= 0.3 is 0 Å². The maximum absolute atomic E-state index is 6.47. The number of hydrogen-bond donors (Lipinski definition) is 0. The van der Waals surface area contributed by atoms with E-state index in [9.17, 15) is 0 Å². The quantitative estimate of drug-likeness (QED) is 0.150. The molecule has 4 nitrogen and oxygen atoms in total. The Morgan fingerprint density at radius 3 is 1.37 bits per heavy atom. The van der Waals surface area contributed by atoms with Gasteiger partial charge in [0.25, 0.3) is 0 Å². The van der Waals surface area contributed by atoms with Crippen LogP contribution in [0.15, 0.2) is 12.1 Å². The van der Waals surface area contributed by atoms with Crippen molar-refractivity contribution in [3.63, 3.8) is 0 Å². The number of ether oxygens (including phenoxy) is 2. The predicted octanol–water partition coefficient (Wildman–Crippen LogP) is 10.0. The summed E-state index contributed by atoms with van der Waals surface area (Å²) in [5, 5.41) is 0. The number of rotatable bonds is 22. The first-order chi connectivity index (χ1) is 17.2. The number of fused-ring (bicyclic) bond motifs is 1. The number of benzene rings is 1. The molecule has 0 N–H and O–H groups in total. The summed E-state index contributed by atoms with van der Waals surface area (Å²) >= 11 is 1.26. The second kappa shape index (κ2) is 18.8. The van der Waals surface area contributed by atoms with E-state index in [2.05, 4.69) is 36.4 Å². The van der Waals surface area contributed by atoms with Crippen LogP contribution >= 0.6 is 11.7 Å². The van der Waals surface area contributed by atoms with Crippen molar-refractivity contribution in [1.29, 1.82) is 0 Å². The summed E-state index contributed by atoms with van der Waals surface area (Å²) in [4.78, 5) is 0. The van der Waals surface area contributed by atoms with E-state index in [0.29, 0.717) is 11.8 Å². The first-order valence-electron chi connectivity index (χ1n) is 14.7. The van der Waals surface area contributed by atoms with Gasteiger partial charge in [0.2, 0.25) is 0 Å². The first-order valence-corrected chi connectivity index (χ1v) is 15.5. The van der Waals surface area contributed by atoms with Crippen LogP contribution in [0.3, 0.4) is 0 Å². The molecule has 2 unspecified atom stereocenters. The summed E-state index contributed by atoms with van der Waals surface area (Å²) in [6.45, 7) is 10.6. The Hall–Kier alpha value is -1.36. The Bertz CT molecular complexity index is 717. The fourth-order valence-electron chi connectivity index (χ4n) is 4.76. The summed E-state index contributed by atoms with van der Waals surface area (Å²) in [6.07, 6.45) is 20.6. The smallest absolute Gasteiger partial charge is 0.163 e. The molecule has 0 aliphatic heterocycles. The molecule has 0 fully saturated rings. The molecule has 0 aliphatic carbocycles. The third kappa shape index (κ3) is 11.9. The molecule has 35 heavy (non-hydrogen) atoms. The van der Waals surface area contributed by atoms with Gasteiger partial charge in [0.15, 0.2) is 11.5 Å². The number of nitrogens with zero attached hydrogens (tertiary/aromatic N) is 2. The van der Waals surface area contributed by atoms with Gasteiger partial charge in [-0.15, -0.1) is 0 Å². The topological polar surface area (TPSA) is 44.2 Å². The van der Waals surface area contributed by atoms with Crippen LogP contribution in [0.4, 0.5) is 0 Å². The second-order valence-corrected chi connectivity index (χ2v) is 10.9. The van der Waals surface area contributed by atoms with E-state index in [4.69, 9.17) is 9.47 Å². The highest BCUT2D eigenvalue weighted by atomic mass is 32.1. The minimum absolute atomic E-state index is 0.611. The van der Waals surface area contributed by atoms with Crippen LogP contribution in [0.25, 0.3) is 11.0 Å². The van der Waals surface area contributed by atoms with E-state index >= 15 is 0 Å². The molecular weight excluding hydrogens is 452 g/mol. The lowest BCUT2D eigenvalue weighted by Gasteiger charge is -2.21. The number of aromatic nitrogens is 2. The van der Waals surface area contributed by atoms with E-state index in [1.54, 1.807) is 0 Å². The molecule has 0 bridgehead atoms. The Balaban J connectivity index is 2.04. The molecule has 1 aromatic heterocycles. The van der Waals surface area contributed by atoms with Gasteiger partial charge in [-0.2, -0.15) is 8.75 Å². The van der Waals surface area contributed by atoms with E-state index in [0.717, 1.165) is 35.7 Å². The van der Waals surface area contributed by atoms with Gasteiger partial charge in [0, 0.05) is 12.1 Å². The second-order valence-electron chi connectivity index (χ2n) is 10.4. The van der Waals surface area contributed by atoms with Crippen LogP contribution in [-0.4, -0.2) is 22.0 Å². The van der Waals surface area contributed by atoms with Gasteiger partial charge in [0.1, 0.15) is 11.0 Å². The Morgan fingerprint density at radius 1 is 0.571 bits per heavy atom. The zero-order valence-corrected chi connectivity index (χ0v) is 24.0. The molecule has 2 aromatic rings. The Morgan fingerprint density at radius 2 is 0.971 bits per heavy atom. The molecule has 0 saturated carbocycles. The zero-order valence-electron chi connectivity index (χ0n) is 23.2. The lowest BCUT2D eigenvalue weighted by molar-refractivity contribution is 0.193. The maximum atomic E-state index is 6.47. The first kappa shape index (κ1) is 29.9. The van der Waals surface area contributed by atoms with Crippen LogP contribution < -0.4 is 9.47 Å². The lowest BCUT2D eigenvalue weighted by atomic mass is 9.96. The molecule has 5 heteroatoms. The number of hydrogen-bond acceptors (Lipinski definition) is 5. The summed E-state index contributed by atoms with van der Waals surface area (Å²) in [5.74, 6) is 2.92. The fourth-order valence-corrected chi connectivity index (χ4v) is 5.27. The van der Waals surface area contributed by atoms with Crippen molar-refractivity contribution < 1.29 is 9.47 Å². The standard InChI is InChI=1S/C30H52N2O2S/c1-5-9-13-15-19-25(17-11-7-3)23-33-29-21-27-28(32-35-31-27)22-30(29)34-24-26(18-12-8-4)20-16-14-10-6-2/h21-22,25-26H,5-20,23-24H2,1-4H3. The van der Waals surface area contributed by atoms with E-state index < -0.39 is 0 Å². The SMILES string of the molecule is CCCCCCC(CCCC)COc1cc2nsnc2cc1OCC(CCCC)CCCCCC. The van der Waals surface area contributed by atoms with Crippen LogP contribution in [-0.2, 0) is 0 Å². The average Bonchev–Trinajstić information content (AvgIpc) is 3.33. The zero-order chi connectivity index (χ0) is 25.1. The van der Waals surface area contributed by atoms with E-state index in [1.165, 1.54) is 114 Å².